The van der Waals surface area contributed by atoms with Crippen LogP contribution in [0, 0.1) is 0 Å². The topological polar surface area (TPSA) is 113 Å². The molecule has 0 spiro atoms. The molecule has 216 valence electrons. The van der Waals surface area contributed by atoms with Gasteiger partial charge in [-0.15, -0.1) is 5.11 Å². The number of carbonyl (C=O) groups excluding carboxylic acids is 1. The van der Waals surface area contributed by atoms with Gasteiger partial charge >= 0.3 is 0 Å². The van der Waals surface area contributed by atoms with E-state index in [0.717, 1.165) is 0 Å². The summed E-state index contributed by atoms with van der Waals surface area (Å²) in [7, 11) is 48.6. The van der Waals surface area contributed by atoms with Crippen molar-refractivity contribution in [3.63, 3.8) is 0 Å². The number of nitrogens with zero attached hydrogens (tertiary/aromatic N) is 2. The average Bonchev–Trinajstić information content (AvgIpc) is 2.76. The summed E-state index contributed by atoms with van der Waals surface area (Å²) in [5, 5.41) is 17.7. The second kappa shape index (κ2) is 11.0. The van der Waals surface area contributed by atoms with E-state index in [1.165, 1.54) is 0 Å². The lowest BCUT2D eigenvalue weighted by molar-refractivity contribution is 0.000676. The van der Waals surface area contributed by atoms with Gasteiger partial charge in [-0.1, -0.05) is 36.3 Å². The van der Waals surface area contributed by atoms with E-state index in [-0.39, 0.29) is 26.0 Å². The van der Waals surface area contributed by atoms with Gasteiger partial charge < -0.3 is 21.5 Å². The van der Waals surface area contributed by atoms with Crippen LogP contribution in [0.4, 0.5) is 11.8 Å². The number of aliphatic hydroxyl groups is 1. The van der Waals surface area contributed by atoms with Crippen LogP contribution in [0.2, 0.25) is 41.4 Å². The third-order valence-electron chi connectivity index (χ3n) is 14.4. The maximum atomic E-state index is 13.1. The Morgan fingerprint density at radius 3 is 1.42 bits per heavy atom. The third kappa shape index (κ3) is 5.26. The van der Waals surface area contributed by atoms with E-state index in [0.29, 0.717) is 17.4 Å². The molecule has 29 heteroatoms. The smallest absolute Gasteiger partial charge is 0.253 e. The summed E-state index contributed by atoms with van der Waals surface area (Å²) in [6.45, 7) is 0. The fourth-order valence-electron chi connectivity index (χ4n) is 11.1. The van der Waals surface area contributed by atoms with E-state index < -0.39 is 43.3 Å². The quantitative estimate of drug-likeness (QED) is 0.216. The minimum Gasteiger partial charge on any atom is -0.400 e. The molecule has 1 saturated carbocycles. The largest absolute Gasteiger partial charge is 0.400 e. The highest BCUT2D eigenvalue weighted by Crippen LogP contribution is 2.81. The van der Waals surface area contributed by atoms with Crippen molar-refractivity contribution >= 4 is 196 Å². The molecule has 1 heterocycles. The molecule has 0 radical (unpaired) electrons. The van der Waals surface area contributed by atoms with Gasteiger partial charge in [0.1, 0.15) is 45.0 Å². The van der Waals surface area contributed by atoms with Crippen molar-refractivity contribution in [3.05, 3.63) is 5.56 Å². The summed E-state index contributed by atoms with van der Waals surface area (Å²) < 4.78 is 0. The van der Waals surface area contributed by atoms with Crippen LogP contribution in [0.3, 0.4) is 0 Å². The van der Waals surface area contributed by atoms with Crippen LogP contribution in [0.5, 0.6) is 0 Å². The van der Waals surface area contributed by atoms with Crippen molar-refractivity contribution in [1.82, 2.24) is 9.97 Å². The first-order valence-electron chi connectivity index (χ1n) is 16.9. The number of hydrogen-bond donors (Lipinski definition) is 4. The maximum absolute atomic E-state index is 13.1. The molecule has 1 aliphatic carbocycles. The Kier molecular flexibility index (Phi) is 9.97. The monoisotopic (exact) mass is 586 g/mol. The zero-order chi connectivity index (χ0) is 36.2. The zero-order valence-electron chi connectivity index (χ0n) is 33.3. The van der Waals surface area contributed by atoms with Gasteiger partial charge in [0, 0.05) is 11.1 Å². The summed E-state index contributed by atoms with van der Waals surface area (Å²) in [5.74, 6) is 0.244. The molecule has 1 aromatic heterocycles. The minimum atomic E-state index is -1.14. The Morgan fingerprint density at radius 2 is 1.09 bits per heavy atom. The summed E-state index contributed by atoms with van der Waals surface area (Å²) in [4.78, 5) is 23.1. The molecule has 0 saturated heterocycles. The number of amides is 1. The van der Waals surface area contributed by atoms with Crippen molar-refractivity contribution in [2.24, 2.45) is 5.73 Å². The maximum Gasteiger partial charge on any atom is 0.253 e. The van der Waals surface area contributed by atoms with Crippen molar-refractivity contribution in [3.8, 4) is 0 Å². The van der Waals surface area contributed by atoms with Gasteiger partial charge in [-0.05, 0) is 11.0 Å². The highest BCUT2D eigenvalue weighted by Gasteiger charge is 2.76. The molecule has 3 unspecified atom stereocenters. The summed E-state index contributed by atoms with van der Waals surface area (Å²) in [5.41, 5.74) is 4.46. The van der Waals surface area contributed by atoms with Crippen LogP contribution in [0.25, 0.3) is 0 Å². The predicted molar refractivity (Wildman–Crippen MR) is 257 cm³/mol. The van der Waals surface area contributed by atoms with Crippen LogP contribution >= 0.6 is 0 Å². The van der Waals surface area contributed by atoms with Crippen molar-refractivity contribution in [2.45, 2.75) is 57.9 Å². The Bertz CT molecular complexity index is 1280. The van der Waals surface area contributed by atoms with Crippen molar-refractivity contribution in [2.75, 3.05) is 10.6 Å². The van der Waals surface area contributed by atoms with E-state index in [1.807, 2.05) is 15.7 Å². The molecule has 0 bridgehead atoms. The molecule has 0 aromatic carbocycles. The summed E-state index contributed by atoms with van der Waals surface area (Å²) >= 11 is 0. The van der Waals surface area contributed by atoms with E-state index in [1.54, 1.807) is 0 Å². The SMILES string of the molecule is Bc1nc(NC(C(B)(B)B)(C(B)(B)B)C(B)(B)B)nc(NC2(B)C(B)(B)C(B)(B)C(B)(C(B)(B)B)C(B)(O)C2(B)B)c1C(N)=O. The number of carbonyl (C=O) groups is 1. The van der Waals surface area contributed by atoms with Crippen molar-refractivity contribution in [1.29, 1.82) is 0 Å². The average molecular weight is 581 g/mol. The third-order valence-corrected chi connectivity index (χ3v) is 14.4. The Labute approximate surface area is 294 Å². The molecule has 2 rings (SSSR count). The lowest BCUT2D eigenvalue weighted by Crippen LogP contribution is -2.81. The van der Waals surface area contributed by atoms with E-state index >= 15 is 0 Å². The van der Waals surface area contributed by atoms with Gasteiger partial charge in [0.2, 0.25) is 5.95 Å². The fourth-order valence-corrected chi connectivity index (χ4v) is 11.1. The second-order valence-electron chi connectivity index (χ2n) is 20.4. The molecule has 0 aliphatic heterocycles. The number of nitrogens with two attached hydrogens (primary N) is 1. The summed E-state index contributed by atoms with van der Waals surface area (Å²) in [6, 6.07) is 0. The van der Waals surface area contributed by atoms with Gasteiger partial charge in [0.05, 0.1) is 131 Å². The highest BCUT2D eigenvalue weighted by atomic mass is 16.3. The molecule has 45 heavy (non-hydrogen) atoms. The van der Waals surface area contributed by atoms with Gasteiger partial charge in [0.25, 0.3) is 5.91 Å². The molecule has 1 aromatic rings. The van der Waals surface area contributed by atoms with Crippen LogP contribution in [-0.2, 0) is 0 Å². The lowest BCUT2D eigenvalue weighted by atomic mass is 8.99. The van der Waals surface area contributed by atoms with Crippen LogP contribution in [0.15, 0.2) is 0 Å². The first-order chi connectivity index (χ1) is 19.4. The first-order valence-corrected chi connectivity index (χ1v) is 16.9. The molecular formula is C16H49B22N5O2. The number of rotatable bonds is 9. The fraction of sp³-hybridized carbons (Fsp3) is 0.688. The molecule has 3 atom stereocenters. The van der Waals surface area contributed by atoms with Gasteiger partial charge in [-0.25, -0.2) is 4.98 Å². The van der Waals surface area contributed by atoms with Gasteiger partial charge in [-0.2, -0.15) is 4.98 Å². The van der Waals surface area contributed by atoms with E-state index in [9.17, 15) is 9.90 Å². The first kappa shape index (κ1) is 40.7. The molecule has 7 nitrogen and oxygen atoms in total. The van der Waals surface area contributed by atoms with Crippen LogP contribution in [-0.4, -0.2) is 210 Å². The van der Waals surface area contributed by atoms with Crippen molar-refractivity contribution < 1.29 is 9.90 Å². The Hall–Kier alpha value is -0.461. The normalized spacial score (nSPS) is 28.4. The van der Waals surface area contributed by atoms with E-state index in [2.05, 4.69) is 168 Å². The number of nitrogens with one attached hydrogen (secondary N) is 2. The molecule has 1 fully saturated rings. The highest BCUT2D eigenvalue weighted by molar-refractivity contribution is 6.72. The molecule has 1 amide bonds. The number of hydrogen-bond acceptors (Lipinski definition) is 6. The standard InChI is InChI=1S/C16H49B22N5O2/c17-2-1(3(39)44)4(41-5(40-2)43-7(14(30,31)32,15(33,34)35)16(36,37)38)42-11(25)9(21,22)8(19,20)6(18,13(27,28)29)12(26,45)10(11,23)24/h45H,17-38H2,(H2,39,44)(H2,40,41,42,43). The lowest BCUT2D eigenvalue weighted by Gasteiger charge is -2.81. The molecule has 1 aliphatic rings. The van der Waals surface area contributed by atoms with Crippen LogP contribution < -0.4 is 22.0 Å². The Morgan fingerprint density at radius 1 is 0.689 bits per heavy atom. The number of aromatic nitrogens is 2. The number of primary amides is 1. The second-order valence-corrected chi connectivity index (χ2v) is 20.4. The van der Waals surface area contributed by atoms with E-state index in [4.69, 9.17) is 15.7 Å². The van der Waals surface area contributed by atoms with Gasteiger partial charge in [0.15, 0.2) is 7.85 Å². The van der Waals surface area contributed by atoms with Gasteiger partial charge in [-0.3, -0.25) is 4.79 Å². The minimum absolute atomic E-state index is 0.198. The molecule has 5 N–H and O–H groups in total. The van der Waals surface area contributed by atoms with Crippen LogP contribution in [0.1, 0.15) is 10.4 Å². The predicted octanol–water partition coefficient (Wildman–Crippen LogP) is -21.1. The zero-order valence-corrected chi connectivity index (χ0v) is 33.3. The Balaban J connectivity index is 3.04. The number of anilines is 2. The summed E-state index contributed by atoms with van der Waals surface area (Å²) in [6.07, 6.45) is 0. The molecular weight excluding hydrogens is 532 g/mol.